The molecule has 0 atom stereocenters. The molecule has 0 spiro atoms. The highest BCUT2D eigenvalue weighted by molar-refractivity contribution is 5.92. The van der Waals surface area contributed by atoms with E-state index >= 15 is 0 Å². The predicted octanol–water partition coefficient (Wildman–Crippen LogP) is 4.02. The fourth-order valence-corrected chi connectivity index (χ4v) is 3.01. The number of methoxy groups -OCH3 is 3. The fraction of sp³-hybridized carbons (Fsp3) is 0.261. The summed E-state index contributed by atoms with van der Waals surface area (Å²) in [5, 5.41) is 5.73. The molecule has 174 valence electrons. The second-order valence-corrected chi connectivity index (χ2v) is 7.01. The van der Waals surface area contributed by atoms with Crippen LogP contribution in [0, 0.1) is 19.7 Å². The van der Waals surface area contributed by atoms with E-state index in [9.17, 15) is 9.18 Å². The molecule has 0 fully saturated rings. The van der Waals surface area contributed by atoms with Crippen molar-refractivity contribution in [1.82, 2.24) is 9.97 Å². The van der Waals surface area contributed by atoms with Crippen LogP contribution < -0.4 is 29.6 Å². The molecule has 1 heterocycles. The lowest BCUT2D eigenvalue weighted by molar-refractivity contribution is -0.118. The van der Waals surface area contributed by atoms with Crippen molar-refractivity contribution >= 4 is 23.2 Å². The van der Waals surface area contributed by atoms with Crippen molar-refractivity contribution in [3.05, 3.63) is 53.5 Å². The number of aryl methyl sites for hydroxylation is 2. The van der Waals surface area contributed by atoms with Crippen LogP contribution in [0.5, 0.6) is 23.1 Å². The van der Waals surface area contributed by atoms with Crippen LogP contribution in [-0.2, 0) is 4.79 Å². The van der Waals surface area contributed by atoms with Gasteiger partial charge in [0.25, 0.3) is 5.91 Å². The number of ether oxygens (including phenoxy) is 4. The van der Waals surface area contributed by atoms with Crippen molar-refractivity contribution in [3.63, 3.8) is 0 Å². The van der Waals surface area contributed by atoms with Gasteiger partial charge in [0.2, 0.25) is 17.6 Å². The summed E-state index contributed by atoms with van der Waals surface area (Å²) in [7, 11) is 4.47. The number of anilines is 3. The maximum Gasteiger partial charge on any atom is 0.262 e. The molecule has 0 aliphatic heterocycles. The van der Waals surface area contributed by atoms with Gasteiger partial charge in [0, 0.05) is 35.3 Å². The summed E-state index contributed by atoms with van der Waals surface area (Å²) in [4.78, 5) is 21.0. The van der Waals surface area contributed by atoms with E-state index in [2.05, 4.69) is 20.6 Å². The number of hydrogen-bond donors (Lipinski definition) is 2. The maximum atomic E-state index is 13.5. The van der Waals surface area contributed by atoms with Crippen molar-refractivity contribution in [2.75, 3.05) is 38.6 Å². The van der Waals surface area contributed by atoms with Crippen LogP contribution in [0.1, 0.15) is 11.3 Å². The van der Waals surface area contributed by atoms with Gasteiger partial charge in [-0.2, -0.15) is 4.98 Å². The number of nitrogens with zero attached hydrogens (tertiary/aromatic N) is 2. The van der Waals surface area contributed by atoms with Gasteiger partial charge in [0.1, 0.15) is 5.82 Å². The number of amides is 1. The molecular formula is C23H25FN4O5. The van der Waals surface area contributed by atoms with Crippen LogP contribution in [0.3, 0.4) is 0 Å². The smallest absolute Gasteiger partial charge is 0.262 e. The minimum atomic E-state index is -0.413. The molecule has 0 saturated heterocycles. The van der Waals surface area contributed by atoms with Gasteiger partial charge in [-0.25, -0.2) is 9.37 Å². The summed E-state index contributed by atoms with van der Waals surface area (Å²) >= 11 is 0. The quantitative estimate of drug-likeness (QED) is 0.498. The van der Waals surface area contributed by atoms with Crippen molar-refractivity contribution < 1.29 is 28.1 Å². The Morgan fingerprint density at radius 3 is 2.24 bits per heavy atom. The molecule has 2 aromatic carbocycles. The Kier molecular flexibility index (Phi) is 7.50. The zero-order valence-corrected chi connectivity index (χ0v) is 19.0. The molecule has 0 radical (unpaired) electrons. The predicted molar refractivity (Wildman–Crippen MR) is 121 cm³/mol. The minimum absolute atomic E-state index is 0.212. The molecule has 1 aromatic heterocycles. The highest BCUT2D eigenvalue weighted by Crippen LogP contribution is 2.39. The molecule has 1 amide bonds. The first-order valence-electron chi connectivity index (χ1n) is 9.94. The monoisotopic (exact) mass is 456 g/mol. The Bertz CT molecular complexity index is 1130. The lowest BCUT2D eigenvalue weighted by Crippen LogP contribution is -2.20. The summed E-state index contributed by atoms with van der Waals surface area (Å²) in [6.07, 6.45) is 0. The topological polar surface area (TPSA) is 104 Å². The number of halogens is 1. The zero-order chi connectivity index (χ0) is 24.0. The fourth-order valence-electron chi connectivity index (χ4n) is 3.01. The molecule has 33 heavy (non-hydrogen) atoms. The Balaban J connectivity index is 1.67. The average molecular weight is 456 g/mol. The van der Waals surface area contributed by atoms with E-state index in [1.54, 1.807) is 44.2 Å². The second kappa shape index (κ2) is 10.5. The zero-order valence-electron chi connectivity index (χ0n) is 19.0. The van der Waals surface area contributed by atoms with E-state index in [-0.39, 0.29) is 24.3 Å². The van der Waals surface area contributed by atoms with Crippen LogP contribution in [0.2, 0.25) is 0 Å². The first-order chi connectivity index (χ1) is 15.8. The van der Waals surface area contributed by atoms with Gasteiger partial charge in [0.15, 0.2) is 18.1 Å². The van der Waals surface area contributed by atoms with E-state index in [4.69, 9.17) is 18.9 Å². The number of nitrogens with one attached hydrogen (secondary N) is 2. The van der Waals surface area contributed by atoms with E-state index in [0.29, 0.717) is 39.9 Å². The molecule has 3 rings (SSSR count). The van der Waals surface area contributed by atoms with Crippen LogP contribution >= 0.6 is 0 Å². The van der Waals surface area contributed by atoms with Crippen LogP contribution in [0.15, 0.2) is 36.4 Å². The van der Waals surface area contributed by atoms with Crippen LogP contribution in [0.4, 0.5) is 21.7 Å². The highest BCUT2D eigenvalue weighted by Gasteiger charge is 2.15. The number of aromatic nitrogens is 2. The third-order valence-corrected chi connectivity index (χ3v) is 4.54. The number of hydrogen-bond acceptors (Lipinski definition) is 8. The Morgan fingerprint density at radius 2 is 1.64 bits per heavy atom. The summed E-state index contributed by atoms with van der Waals surface area (Å²) < 4.78 is 34.9. The largest absolute Gasteiger partial charge is 0.493 e. The van der Waals surface area contributed by atoms with Crippen LogP contribution in [-0.4, -0.2) is 43.8 Å². The first-order valence-corrected chi connectivity index (χ1v) is 9.94. The van der Waals surface area contributed by atoms with E-state index in [1.807, 2.05) is 0 Å². The van der Waals surface area contributed by atoms with E-state index in [1.165, 1.54) is 27.4 Å². The summed E-state index contributed by atoms with van der Waals surface area (Å²) in [6.45, 7) is 3.15. The molecule has 0 aliphatic rings. The molecule has 0 bridgehead atoms. The van der Waals surface area contributed by atoms with Gasteiger partial charge in [-0.3, -0.25) is 4.79 Å². The normalized spacial score (nSPS) is 10.4. The number of carbonyl (C=O) groups is 1. The summed E-state index contributed by atoms with van der Waals surface area (Å²) in [6, 6.07) is 9.42. The molecule has 10 heteroatoms. The summed E-state index contributed by atoms with van der Waals surface area (Å²) in [5.41, 5.74) is 2.20. The number of rotatable bonds is 9. The molecule has 3 aromatic rings. The van der Waals surface area contributed by atoms with Crippen LogP contribution in [0.25, 0.3) is 0 Å². The van der Waals surface area contributed by atoms with E-state index < -0.39 is 5.91 Å². The average Bonchev–Trinajstić information content (AvgIpc) is 2.79. The van der Waals surface area contributed by atoms with Crippen molar-refractivity contribution in [1.29, 1.82) is 0 Å². The van der Waals surface area contributed by atoms with Gasteiger partial charge in [-0.15, -0.1) is 0 Å². The van der Waals surface area contributed by atoms with Gasteiger partial charge in [-0.1, -0.05) is 0 Å². The van der Waals surface area contributed by atoms with E-state index in [0.717, 1.165) is 0 Å². The van der Waals surface area contributed by atoms with Crippen molar-refractivity contribution in [3.8, 4) is 23.1 Å². The van der Waals surface area contributed by atoms with Crippen molar-refractivity contribution in [2.45, 2.75) is 13.8 Å². The lowest BCUT2D eigenvalue weighted by atomic mass is 10.2. The first kappa shape index (κ1) is 23.6. The second-order valence-electron chi connectivity index (χ2n) is 7.01. The molecule has 0 saturated carbocycles. The molecular weight excluding hydrogens is 431 g/mol. The Morgan fingerprint density at radius 1 is 0.939 bits per heavy atom. The standard InChI is InChI=1S/C23H25FN4O5/c1-13-8-15(6-7-17(13)24)27-23-25-14(2)9-21(28-23)33-12-20(29)26-16-10-18(30-3)22(32-5)19(11-16)31-4/h6-11H,12H2,1-5H3,(H,26,29)(H,25,27,28). The highest BCUT2D eigenvalue weighted by atomic mass is 19.1. The van der Waals surface area contributed by atoms with Gasteiger partial charge in [0.05, 0.1) is 21.3 Å². The number of benzene rings is 2. The third-order valence-electron chi connectivity index (χ3n) is 4.54. The Labute approximate surface area is 190 Å². The van der Waals surface area contributed by atoms with Gasteiger partial charge in [-0.05, 0) is 37.6 Å². The van der Waals surface area contributed by atoms with Crippen molar-refractivity contribution in [2.24, 2.45) is 0 Å². The SMILES string of the molecule is COc1cc(NC(=O)COc2cc(C)nc(Nc3ccc(F)c(C)c3)n2)cc(OC)c1OC. The molecule has 0 aliphatic carbocycles. The minimum Gasteiger partial charge on any atom is -0.493 e. The third kappa shape index (κ3) is 6.00. The summed E-state index contributed by atoms with van der Waals surface area (Å²) in [5.74, 6) is 1.00. The maximum absolute atomic E-state index is 13.5. The molecule has 9 nitrogen and oxygen atoms in total. The Hall–Kier alpha value is -4.08. The lowest BCUT2D eigenvalue weighted by Gasteiger charge is -2.15. The molecule has 0 unspecified atom stereocenters. The van der Waals surface area contributed by atoms with Gasteiger partial charge < -0.3 is 29.6 Å². The molecule has 2 N–H and O–H groups in total. The van der Waals surface area contributed by atoms with Gasteiger partial charge >= 0.3 is 0 Å². The number of carbonyl (C=O) groups excluding carboxylic acids is 1.